The normalized spacial score (nSPS) is 12.8. The Balaban J connectivity index is 2.54. The Morgan fingerprint density at radius 1 is 1.19 bits per heavy atom. The van der Waals surface area contributed by atoms with Gasteiger partial charge in [0.1, 0.15) is 0 Å². The molecule has 1 heterocycles. The Kier molecular flexibility index (Phi) is 2.79. The van der Waals surface area contributed by atoms with Crippen molar-refractivity contribution in [3.8, 4) is 5.69 Å². The smallest absolute Gasteiger partial charge is 0.0994 e. The van der Waals surface area contributed by atoms with E-state index in [9.17, 15) is 0 Å². The summed E-state index contributed by atoms with van der Waals surface area (Å²) in [6.07, 6.45) is 3.63. The zero-order valence-electron chi connectivity index (χ0n) is 9.94. The first-order valence-electron chi connectivity index (χ1n) is 5.44. The molecule has 2 aromatic rings. The molecule has 2 rings (SSSR count). The molecule has 0 saturated heterocycles. The van der Waals surface area contributed by atoms with Crippen LogP contribution < -0.4 is 5.73 Å². The lowest BCUT2D eigenvalue weighted by Crippen LogP contribution is -2.10. The van der Waals surface area contributed by atoms with E-state index in [0.29, 0.717) is 0 Å². The van der Waals surface area contributed by atoms with Gasteiger partial charge >= 0.3 is 0 Å². The molecular formula is C13H17N3. The second-order valence-electron chi connectivity index (χ2n) is 4.32. The Morgan fingerprint density at radius 2 is 1.81 bits per heavy atom. The Morgan fingerprint density at radius 3 is 2.38 bits per heavy atom. The molecule has 0 aliphatic rings. The fraction of sp³-hybridized carbons (Fsp3) is 0.308. The van der Waals surface area contributed by atoms with Crippen LogP contribution in [-0.2, 0) is 0 Å². The highest BCUT2D eigenvalue weighted by Gasteiger charge is 2.08. The standard InChI is InChI=1S/C13H17N3/c1-9-4-10(2)6-12(5-9)16-8-15-7-13(16)11(3)14/h4-8,11H,14H2,1-3H3/t11-/m1/s1. The van der Waals surface area contributed by atoms with E-state index in [0.717, 1.165) is 11.4 Å². The minimum Gasteiger partial charge on any atom is -0.323 e. The topological polar surface area (TPSA) is 43.8 Å². The molecule has 2 N–H and O–H groups in total. The number of rotatable bonds is 2. The molecule has 0 radical (unpaired) electrons. The number of hydrogen-bond donors (Lipinski definition) is 1. The Hall–Kier alpha value is -1.61. The minimum atomic E-state index is -0.0108. The summed E-state index contributed by atoms with van der Waals surface area (Å²) in [7, 11) is 0. The number of nitrogens with two attached hydrogens (primary N) is 1. The first-order chi connectivity index (χ1) is 7.58. The zero-order valence-corrected chi connectivity index (χ0v) is 9.94. The van der Waals surface area contributed by atoms with Crippen molar-refractivity contribution in [3.63, 3.8) is 0 Å². The molecular weight excluding hydrogens is 198 g/mol. The van der Waals surface area contributed by atoms with Gasteiger partial charge in [0.25, 0.3) is 0 Å². The fourth-order valence-electron chi connectivity index (χ4n) is 1.95. The minimum absolute atomic E-state index is 0.0108. The highest BCUT2D eigenvalue weighted by molar-refractivity contribution is 5.40. The van der Waals surface area contributed by atoms with E-state index in [4.69, 9.17) is 5.73 Å². The lowest BCUT2D eigenvalue weighted by molar-refractivity contribution is 0.752. The molecule has 3 nitrogen and oxygen atoms in total. The van der Waals surface area contributed by atoms with Crippen molar-refractivity contribution in [1.29, 1.82) is 0 Å². The van der Waals surface area contributed by atoms with Gasteiger partial charge in [-0.2, -0.15) is 0 Å². The van der Waals surface area contributed by atoms with E-state index < -0.39 is 0 Å². The van der Waals surface area contributed by atoms with Crippen LogP contribution in [0.1, 0.15) is 29.8 Å². The van der Waals surface area contributed by atoms with Gasteiger partial charge in [0, 0.05) is 11.7 Å². The van der Waals surface area contributed by atoms with E-state index in [1.54, 1.807) is 0 Å². The van der Waals surface area contributed by atoms with Crippen molar-refractivity contribution >= 4 is 0 Å². The van der Waals surface area contributed by atoms with Crippen molar-refractivity contribution in [2.24, 2.45) is 5.73 Å². The lowest BCUT2D eigenvalue weighted by Gasteiger charge is -2.12. The van der Waals surface area contributed by atoms with Crippen molar-refractivity contribution in [1.82, 2.24) is 9.55 Å². The molecule has 1 aromatic carbocycles. The summed E-state index contributed by atoms with van der Waals surface area (Å²) in [4.78, 5) is 4.16. The molecule has 0 aliphatic heterocycles. The van der Waals surface area contributed by atoms with E-state index >= 15 is 0 Å². The van der Waals surface area contributed by atoms with Crippen LogP contribution in [0.25, 0.3) is 5.69 Å². The van der Waals surface area contributed by atoms with Crippen LogP contribution in [0.3, 0.4) is 0 Å². The van der Waals surface area contributed by atoms with E-state index in [-0.39, 0.29) is 6.04 Å². The van der Waals surface area contributed by atoms with E-state index in [2.05, 4.69) is 37.0 Å². The molecule has 84 valence electrons. The average molecular weight is 215 g/mol. The summed E-state index contributed by atoms with van der Waals surface area (Å²) in [6.45, 7) is 6.16. The van der Waals surface area contributed by atoms with Crippen LogP contribution >= 0.6 is 0 Å². The van der Waals surface area contributed by atoms with Crippen LogP contribution in [0.15, 0.2) is 30.7 Å². The molecule has 0 saturated carbocycles. The largest absolute Gasteiger partial charge is 0.323 e. The number of benzene rings is 1. The third-order valence-electron chi connectivity index (χ3n) is 2.62. The summed E-state index contributed by atoms with van der Waals surface area (Å²) in [6, 6.07) is 6.43. The first-order valence-corrected chi connectivity index (χ1v) is 5.44. The number of aromatic nitrogens is 2. The molecule has 1 aromatic heterocycles. The van der Waals surface area contributed by atoms with Crippen molar-refractivity contribution in [3.05, 3.63) is 47.5 Å². The van der Waals surface area contributed by atoms with Crippen molar-refractivity contribution < 1.29 is 0 Å². The molecule has 0 aliphatic carbocycles. The summed E-state index contributed by atoms with van der Waals surface area (Å²) < 4.78 is 2.05. The highest BCUT2D eigenvalue weighted by atomic mass is 15.1. The van der Waals surface area contributed by atoms with Crippen LogP contribution in [0.5, 0.6) is 0 Å². The monoisotopic (exact) mass is 215 g/mol. The predicted octanol–water partition coefficient (Wildman–Crippen LogP) is 2.51. The molecule has 3 heteroatoms. The first kappa shape index (κ1) is 10.9. The van der Waals surface area contributed by atoms with Gasteiger partial charge in [0.2, 0.25) is 0 Å². The number of imidazole rings is 1. The van der Waals surface area contributed by atoms with Crippen molar-refractivity contribution in [2.45, 2.75) is 26.8 Å². The third-order valence-corrected chi connectivity index (χ3v) is 2.62. The molecule has 0 spiro atoms. The average Bonchev–Trinajstić information content (AvgIpc) is 2.63. The maximum Gasteiger partial charge on any atom is 0.0994 e. The molecule has 0 unspecified atom stereocenters. The van der Waals surface area contributed by atoms with E-state index in [1.165, 1.54) is 11.1 Å². The molecule has 0 fully saturated rings. The van der Waals surface area contributed by atoms with E-state index in [1.807, 2.05) is 24.0 Å². The summed E-state index contributed by atoms with van der Waals surface area (Å²) in [5.41, 5.74) is 10.6. The fourth-order valence-corrected chi connectivity index (χ4v) is 1.95. The highest BCUT2D eigenvalue weighted by Crippen LogP contribution is 2.18. The van der Waals surface area contributed by atoms with Gasteiger partial charge in [-0.3, -0.25) is 0 Å². The SMILES string of the molecule is Cc1cc(C)cc(-n2cncc2[C@@H](C)N)c1. The second kappa shape index (κ2) is 4.10. The maximum absolute atomic E-state index is 5.91. The third kappa shape index (κ3) is 1.99. The summed E-state index contributed by atoms with van der Waals surface area (Å²) in [5.74, 6) is 0. The predicted molar refractivity (Wildman–Crippen MR) is 65.6 cm³/mol. The van der Waals surface area contributed by atoms with Gasteiger partial charge in [-0.1, -0.05) is 6.07 Å². The Bertz CT molecular complexity index is 477. The van der Waals surface area contributed by atoms with Gasteiger partial charge in [0.05, 0.1) is 18.2 Å². The summed E-state index contributed by atoms with van der Waals surface area (Å²) >= 11 is 0. The van der Waals surface area contributed by atoms with Crippen LogP contribution in [0.2, 0.25) is 0 Å². The summed E-state index contributed by atoms with van der Waals surface area (Å²) in [5, 5.41) is 0. The molecule has 0 bridgehead atoms. The zero-order chi connectivity index (χ0) is 11.7. The molecule has 0 amide bonds. The van der Waals surface area contributed by atoms with Gasteiger partial charge in [-0.05, 0) is 44.0 Å². The second-order valence-corrected chi connectivity index (χ2v) is 4.32. The van der Waals surface area contributed by atoms with Gasteiger partial charge in [-0.25, -0.2) is 4.98 Å². The van der Waals surface area contributed by atoms with Gasteiger partial charge in [0.15, 0.2) is 0 Å². The van der Waals surface area contributed by atoms with Crippen LogP contribution in [-0.4, -0.2) is 9.55 Å². The Labute approximate surface area is 95.9 Å². The van der Waals surface area contributed by atoms with Gasteiger partial charge in [-0.15, -0.1) is 0 Å². The maximum atomic E-state index is 5.91. The van der Waals surface area contributed by atoms with Crippen molar-refractivity contribution in [2.75, 3.05) is 0 Å². The number of aryl methyl sites for hydroxylation is 2. The van der Waals surface area contributed by atoms with Crippen LogP contribution in [0.4, 0.5) is 0 Å². The lowest BCUT2D eigenvalue weighted by atomic mass is 10.1. The van der Waals surface area contributed by atoms with Gasteiger partial charge < -0.3 is 10.3 Å². The number of nitrogens with zero attached hydrogens (tertiary/aromatic N) is 2. The van der Waals surface area contributed by atoms with Crippen LogP contribution in [0, 0.1) is 13.8 Å². The molecule has 16 heavy (non-hydrogen) atoms. The number of hydrogen-bond acceptors (Lipinski definition) is 2. The quantitative estimate of drug-likeness (QED) is 0.836. The molecule has 1 atom stereocenters.